The zero-order valence-electron chi connectivity index (χ0n) is 19.0. The molecule has 5 rings (SSSR count). The lowest BCUT2D eigenvalue weighted by molar-refractivity contribution is 0.0523. The van der Waals surface area contributed by atoms with E-state index in [1.54, 1.807) is 37.3 Å². The van der Waals surface area contributed by atoms with E-state index in [2.05, 4.69) is 10.1 Å². The summed E-state index contributed by atoms with van der Waals surface area (Å²) in [7, 11) is 0. The van der Waals surface area contributed by atoms with Crippen molar-refractivity contribution in [2.45, 2.75) is 13.8 Å². The van der Waals surface area contributed by atoms with Crippen LogP contribution in [0.3, 0.4) is 0 Å². The summed E-state index contributed by atoms with van der Waals surface area (Å²) >= 11 is 1.23. The molecule has 0 spiro atoms. The maximum atomic E-state index is 13.6. The second-order valence-corrected chi connectivity index (χ2v) is 8.68. The summed E-state index contributed by atoms with van der Waals surface area (Å²) in [5.41, 5.74) is 1.97. The number of esters is 1. The molecule has 0 N–H and O–H groups in total. The number of ketones is 1. The number of hydrogen-bond donors (Lipinski definition) is 0. The monoisotopic (exact) mass is 484 g/mol. The van der Waals surface area contributed by atoms with Gasteiger partial charge in [0.2, 0.25) is 5.78 Å². The van der Waals surface area contributed by atoms with Crippen molar-refractivity contribution in [1.82, 2.24) is 19.2 Å². The van der Waals surface area contributed by atoms with Crippen LogP contribution in [0.2, 0.25) is 0 Å². The van der Waals surface area contributed by atoms with Gasteiger partial charge in [-0.25, -0.2) is 9.78 Å². The number of rotatable bonds is 6. The number of ether oxygens (including phenoxy) is 1. The number of nitrogens with zero attached hydrogens (tertiary/aromatic N) is 4. The lowest BCUT2D eigenvalue weighted by atomic mass is 10.1. The van der Waals surface area contributed by atoms with Gasteiger partial charge in [-0.2, -0.15) is 9.78 Å². The first-order valence-electron chi connectivity index (χ1n) is 10.9. The van der Waals surface area contributed by atoms with Crippen molar-refractivity contribution in [3.8, 4) is 16.9 Å². The second kappa shape index (κ2) is 9.11. The fourth-order valence-electron chi connectivity index (χ4n) is 3.73. The van der Waals surface area contributed by atoms with E-state index in [-0.39, 0.29) is 17.9 Å². The third kappa shape index (κ3) is 4.06. The topological polar surface area (TPSA) is 95.6 Å². The Morgan fingerprint density at radius 1 is 1.03 bits per heavy atom. The number of aryl methyl sites for hydroxylation is 1. The van der Waals surface area contributed by atoms with E-state index >= 15 is 0 Å². The van der Waals surface area contributed by atoms with E-state index in [0.29, 0.717) is 21.2 Å². The van der Waals surface area contributed by atoms with Gasteiger partial charge in [-0.3, -0.25) is 14.0 Å². The van der Waals surface area contributed by atoms with E-state index in [9.17, 15) is 14.4 Å². The number of imidazole rings is 1. The maximum absolute atomic E-state index is 13.6. The number of carbonyl (C=O) groups is 2. The molecular weight excluding hydrogens is 464 g/mol. The minimum atomic E-state index is -0.802. The van der Waals surface area contributed by atoms with Crippen LogP contribution in [-0.4, -0.2) is 37.5 Å². The third-order valence-electron chi connectivity index (χ3n) is 5.47. The summed E-state index contributed by atoms with van der Waals surface area (Å²) in [6.45, 7) is 3.57. The van der Waals surface area contributed by atoms with E-state index in [0.717, 1.165) is 15.9 Å². The first-order chi connectivity index (χ1) is 17.0. The van der Waals surface area contributed by atoms with Crippen LogP contribution in [0.5, 0.6) is 0 Å². The van der Waals surface area contributed by atoms with Gasteiger partial charge in [0.25, 0.3) is 5.56 Å². The number of fused-ring (bicyclic) bond motifs is 1. The Hall–Kier alpha value is -4.37. The number of carbonyl (C=O) groups excluding carboxylic acids is 2. The van der Waals surface area contributed by atoms with Crippen LogP contribution in [0.1, 0.15) is 38.3 Å². The van der Waals surface area contributed by atoms with Gasteiger partial charge >= 0.3 is 5.97 Å². The van der Waals surface area contributed by atoms with Gasteiger partial charge in [-0.05, 0) is 32.0 Å². The highest BCUT2D eigenvalue weighted by Crippen LogP contribution is 2.28. The third-order valence-corrected chi connectivity index (χ3v) is 6.63. The Kier molecular flexibility index (Phi) is 5.84. The zero-order chi connectivity index (χ0) is 24.5. The number of benzene rings is 2. The first-order valence-corrected chi connectivity index (χ1v) is 11.7. The SMILES string of the molecule is CCOC(=O)c1cc(C(=O)c2sc3nc(-c4ccccc4)cn3c2C)nn(-c2ccccc2)c1=O. The standard InChI is InChI=1S/C26H20N4O4S/c1-3-34-25(33)19-14-20(28-30(24(19)32)18-12-8-5-9-13-18)22(31)23-16(2)29-15-21(27-26(29)35-23)17-10-6-4-7-11-17/h4-15H,3H2,1-2H3. The zero-order valence-corrected chi connectivity index (χ0v) is 19.8. The largest absolute Gasteiger partial charge is 0.462 e. The molecule has 5 aromatic rings. The minimum absolute atomic E-state index is 0.0348. The lowest BCUT2D eigenvalue weighted by Crippen LogP contribution is -2.30. The van der Waals surface area contributed by atoms with Gasteiger partial charge in [-0.15, -0.1) is 0 Å². The molecule has 0 aliphatic rings. The molecule has 0 atom stereocenters. The number of hydrogen-bond acceptors (Lipinski definition) is 7. The van der Waals surface area contributed by atoms with Crippen molar-refractivity contribution >= 4 is 28.1 Å². The average molecular weight is 485 g/mol. The highest BCUT2D eigenvalue weighted by atomic mass is 32.1. The van der Waals surface area contributed by atoms with E-state index in [1.807, 2.05) is 47.9 Å². The molecule has 0 fully saturated rings. The maximum Gasteiger partial charge on any atom is 0.343 e. The lowest BCUT2D eigenvalue weighted by Gasteiger charge is -2.09. The summed E-state index contributed by atoms with van der Waals surface area (Å²) in [6.07, 6.45) is 1.88. The Morgan fingerprint density at radius 2 is 1.71 bits per heavy atom. The van der Waals surface area contributed by atoms with E-state index in [1.165, 1.54) is 17.4 Å². The predicted molar refractivity (Wildman–Crippen MR) is 132 cm³/mol. The van der Waals surface area contributed by atoms with Crippen LogP contribution in [0.25, 0.3) is 21.9 Å². The van der Waals surface area contributed by atoms with Crippen LogP contribution in [0.4, 0.5) is 0 Å². The van der Waals surface area contributed by atoms with Crippen molar-refractivity contribution in [2.24, 2.45) is 0 Å². The molecule has 3 aromatic heterocycles. The van der Waals surface area contributed by atoms with Gasteiger partial charge in [0.15, 0.2) is 4.96 Å². The number of aromatic nitrogens is 4. The summed E-state index contributed by atoms with van der Waals surface area (Å²) in [4.78, 5) is 44.8. The molecule has 35 heavy (non-hydrogen) atoms. The van der Waals surface area contributed by atoms with Gasteiger partial charge in [0.05, 0.1) is 22.9 Å². The fourth-order valence-corrected chi connectivity index (χ4v) is 4.79. The molecule has 174 valence electrons. The molecule has 0 amide bonds. The van der Waals surface area contributed by atoms with Crippen LogP contribution < -0.4 is 5.56 Å². The molecule has 0 saturated heterocycles. The van der Waals surface area contributed by atoms with Gasteiger partial charge < -0.3 is 4.74 Å². The normalized spacial score (nSPS) is 11.0. The van der Waals surface area contributed by atoms with Gasteiger partial charge in [0, 0.05) is 17.5 Å². The van der Waals surface area contributed by atoms with Crippen LogP contribution in [-0.2, 0) is 4.74 Å². The molecule has 8 nitrogen and oxygen atoms in total. The van der Waals surface area contributed by atoms with Crippen molar-refractivity contribution in [3.63, 3.8) is 0 Å². The summed E-state index contributed by atoms with van der Waals surface area (Å²) in [5.74, 6) is -1.21. The van der Waals surface area contributed by atoms with E-state index in [4.69, 9.17) is 4.74 Å². The molecule has 0 bridgehead atoms. The fraction of sp³-hybridized carbons (Fsp3) is 0.115. The molecule has 0 aliphatic heterocycles. The molecule has 3 heterocycles. The molecule has 0 saturated carbocycles. The van der Waals surface area contributed by atoms with Crippen molar-refractivity contribution in [1.29, 1.82) is 0 Å². The predicted octanol–water partition coefficient (Wildman–Crippen LogP) is 4.32. The van der Waals surface area contributed by atoms with Crippen LogP contribution >= 0.6 is 11.3 Å². The number of para-hydroxylation sites is 1. The molecule has 2 aromatic carbocycles. The Labute approximate surface area is 204 Å². The Bertz CT molecular complexity index is 1620. The molecular formula is C26H20N4O4S. The number of thiazole rings is 1. The molecule has 9 heteroatoms. The smallest absolute Gasteiger partial charge is 0.343 e. The Balaban J connectivity index is 1.61. The highest BCUT2D eigenvalue weighted by molar-refractivity contribution is 7.19. The summed E-state index contributed by atoms with van der Waals surface area (Å²) < 4.78 is 7.97. The van der Waals surface area contributed by atoms with Gasteiger partial charge in [-0.1, -0.05) is 59.9 Å². The van der Waals surface area contributed by atoms with Crippen molar-refractivity contribution in [3.05, 3.63) is 105 Å². The second-order valence-electron chi connectivity index (χ2n) is 7.71. The molecule has 0 radical (unpaired) electrons. The quantitative estimate of drug-likeness (QED) is 0.263. The van der Waals surface area contributed by atoms with E-state index < -0.39 is 17.3 Å². The van der Waals surface area contributed by atoms with Gasteiger partial charge in [0.1, 0.15) is 11.3 Å². The minimum Gasteiger partial charge on any atom is -0.462 e. The van der Waals surface area contributed by atoms with Crippen LogP contribution in [0, 0.1) is 6.92 Å². The average Bonchev–Trinajstić information content (AvgIpc) is 3.44. The summed E-state index contributed by atoms with van der Waals surface area (Å²) in [5, 5.41) is 4.31. The highest BCUT2D eigenvalue weighted by Gasteiger charge is 2.25. The van der Waals surface area contributed by atoms with Crippen molar-refractivity contribution < 1.29 is 14.3 Å². The van der Waals surface area contributed by atoms with Crippen molar-refractivity contribution in [2.75, 3.05) is 6.61 Å². The molecule has 0 aliphatic carbocycles. The summed E-state index contributed by atoms with van der Waals surface area (Å²) in [6, 6.07) is 19.6. The molecule has 0 unspecified atom stereocenters. The first kappa shape index (κ1) is 22.4. The Morgan fingerprint density at radius 3 is 2.37 bits per heavy atom. The van der Waals surface area contributed by atoms with Crippen LogP contribution in [0.15, 0.2) is 77.7 Å².